The molecular weight excluding hydrogens is 250 g/mol. The van der Waals surface area contributed by atoms with E-state index in [4.69, 9.17) is 5.26 Å². The summed E-state index contributed by atoms with van der Waals surface area (Å²) in [5, 5.41) is 15.7. The van der Waals surface area contributed by atoms with Gasteiger partial charge in [0, 0.05) is 30.7 Å². The monoisotopic (exact) mass is 265 g/mol. The zero-order valence-electron chi connectivity index (χ0n) is 11.0. The Labute approximate surface area is 117 Å². The average molecular weight is 265 g/mol. The molecule has 2 aromatic rings. The zero-order valence-corrected chi connectivity index (χ0v) is 11.0. The Kier molecular flexibility index (Phi) is 3.46. The molecule has 0 spiro atoms. The number of nitriles is 1. The lowest BCUT2D eigenvalue weighted by Gasteiger charge is -2.27. The van der Waals surface area contributed by atoms with E-state index in [9.17, 15) is 0 Å². The highest BCUT2D eigenvalue weighted by molar-refractivity contribution is 5.54. The summed E-state index contributed by atoms with van der Waals surface area (Å²) < 4.78 is 0. The Balaban J connectivity index is 1.65. The van der Waals surface area contributed by atoms with Crippen LogP contribution in [0.4, 0.5) is 11.5 Å². The van der Waals surface area contributed by atoms with Crippen molar-refractivity contribution < 1.29 is 0 Å². The molecule has 1 aliphatic rings. The van der Waals surface area contributed by atoms with Crippen molar-refractivity contribution in [3.63, 3.8) is 0 Å². The number of hydrogen-bond donors (Lipinski definition) is 2. The number of aryl methyl sites for hydroxylation is 1. The predicted octanol–water partition coefficient (Wildman–Crippen LogP) is 2.19. The number of hydrogen-bond acceptors (Lipinski definition) is 5. The lowest BCUT2D eigenvalue weighted by Crippen LogP contribution is -2.32. The molecule has 0 unspecified atom stereocenters. The van der Waals surface area contributed by atoms with Crippen LogP contribution in [0, 0.1) is 11.3 Å². The van der Waals surface area contributed by atoms with Gasteiger partial charge in [0.1, 0.15) is 6.07 Å². The molecule has 1 aromatic carbocycles. The number of benzene rings is 1. The molecule has 100 valence electrons. The summed E-state index contributed by atoms with van der Waals surface area (Å²) in [6.45, 7) is 0.724. The van der Waals surface area contributed by atoms with Crippen LogP contribution in [0.25, 0.3) is 0 Å². The van der Waals surface area contributed by atoms with Crippen molar-refractivity contribution in [1.82, 2.24) is 9.97 Å². The number of nitrogens with zero attached hydrogens (tertiary/aromatic N) is 3. The van der Waals surface area contributed by atoms with Gasteiger partial charge in [-0.05, 0) is 24.5 Å². The maximum absolute atomic E-state index is 8.98. The second kappa shape index (κ2) is 5.57. The molecule has 1 atom stereocenters. The van der Waals surface area contributed by atoms with Gasteiger partial charge in [-0.3, -0.25) is 0 Å². The molecule has 0 amide bonds. The van der Waals surface area contributed by atoms with Crippen molar-refractivity contribution in [2.75, 3.05) is 17.2 Å². The van der Waals surface area contributed by atoms with Crippen LogP contribution in [0.15, 0.2) is 36.7 Å². The van der Waals surface area contributed by atoms with Gasteiger partial charge in [-0.15, -0.1) is 0 Å². The molecule has 0 saturated heterocycles. The zero-order chi connectivity index (χ0) is 13.8. The highest BCUT2D eigenvalue weighted by Crippen LogP contribution is 2.24. The molecule has 1 aromatic heterocycles. The molecule has 0 aliphatic carbocycles. The van der Waals surface area contributed by atoms with Crippen LogP contribution in [0.1, 0.15) is 17.7 Å². The van der Waals surface area contributed by atoms with Crippen molar-refractivity contribution in [2.24, 2.45) is 0 Å². The number of fused-ring (bicyclic) bond motifs is 1. The largest absolute Gasteiger partial charge is 0.380 e. The summed E-state index contributed by atoms with van der Waals surface area (Å²) in [7, 11) is 0. The summed E-state index contributed by atoms with van der Waals surface area (Å²) in [5.41, 5.74) is 2.90. The lowest BCUT2D eigenvalue weighted by molar-refractivity contribution is 0.653. The van der Waals surface area contributed by atoms with Crippen LogP contribution >= 0.6 is 0 Å². The normalized spacial score (nSPS) is 16.6. The third kappa shape index (κ3) is 2.54. The summed E-state index contributed by atoms with van der Waals surface area (Å²) in [4.78, 5) is 8.14. The number of rotatable bonds is 3. The van der Waals surface area contributed by atoms with Crippen molar-refractivity contribution in [2.45, 2.75) is 18.9 Å². The number of aromatic nitrogens is 2. The van der Waals surface area contributed by atoms with Crippen molar-refractivity contribution in [3.05, 3.63) is 47.9 Å². The quantitative estimate of drug-likeness (QED) is 0.890. The van der Waals surface area contributed by atoms with Crippen LogP contribution in [0.3, 0.4) is 0 Å². The Morgan fingerprint density at radius 2 is 2.15 bits per heavy atom. The van der Waals surface area contributed by atoms with Crippen LogP contribution in [-0.2, 0) is 6.42 Å². The molecule has 5 nitrogen and oxygen atoms in total. The van der Waals surface area contributed by atoms with E-state index in [0.29, 0.717) is 17.6 Å². The van der Waals surface area contributed by atoms with E-state index in [1.54, 1.807) is 6.20 Å². The SMILES string of the molecule is N#Cc1nccnc1NC[C@@H]1CCc2ccccc2N1. The van der Waals surface area contributed by atoms with E-state index >= 15 is 0 Å². The number of nitrogens with one attached hydrogen (secondary N) is 2. The molecule has 5 heteroatoms. The highest BCUT2D eigenvalue weighted by atomic mass is 15.1. The molecule has 2 heterocycles. The van der Waals surface area contributed by atoms with Gasteiger partial charge < -0.3 is 10.6 Å². The van der Waals surface area contributed by atoms with E-state index in [2.05, 4.69) is 38.8 Å². The minimum absolute atomic E-state index is 0.332. The molecule has 0 bridgehead atoms. The minimum atomic E-state index is 0.332. The van der Waals surface area contributed by atoms with Gasteiger partial charge in [-0.1, -0.05) is 18.2 Å². The molecular formula is C15H15N5. The molecule has 0 saturated carbocycles. The third-order valence-electron chi connectivity index (χ3n) is 3.46. The van der Waals surface area contributed by atoms with E-state index in [1.165, 1.54) is 17.4 Å². The van der Waals surface area contributed by atoms with E-state index in [0.717, 1.165) is 19.4 Å². The molecule has 1 aliphatic heterocycles. The summed E-state index contributed by atoms with van der Waals surface area (Å²) >= 11 is 0. The van der Waals surface area contributed by atoms with Gasteiger partial charge in [0.25, 0.3) is 0 Å². The van der Waals surface area contributed by atoms with Crippen molar-refractivity contribution in [3.8, 4) is 6.07 Å². The molecule has 2 N–H and O–H groups in total. The summed E-state index contributed by atoms with van der Waals surface area (Å²) in [6.07, 6.45) is 5.25. The second-order valence-corrected chi connectivity index (χ2v) is 4.78. The van der Waals surface area contributed by atoms with E-state index in [-0.39, 0.29) is 0 Å². The fraction of sp³-hybridized carbons (Fsp3) is 0.267. The number of anilines is 2. The van der Waals surface area contributed by atoms with Gasteiger partial charge in [0.05, 0.1) is 0 Å². The van der Waals surface area contributed by atoms with Crippen LogP contribution in [0.5, 0.6) is 0 Å². The first kappa shape index (κ1) is 12.4. The van der Waals surface area contributed by atoms with Crippen LogP contribution < -0.4 is 10.6 Å². The smallest absolute Gasteiger partial charge is 0.182 e. The van der Waals surface area contributed by atoms with Gasteiger partial charge >= 0.3 is 0 Å². The first-order valence-corrected chi connectivity index (χ1v) is 6.66. The predicted molar refractivity (Wildman–Crippen MR) is 77.4 cm³/mol. The lowest BCUT2D eigenvalue weighted by atomic mass is 9.98. The highest BCUT2D eigenvalue weighted by Gasteiger charge is 2.17. The fourth-order valence-electron chi connectivity index (χ4n) is 2.42. The standard InChI is InChI=1S/C15H15N5/c16-9-14-15(18-8-7-17-14)19-10-12-6-5-11-3-1-2-4-13(11)20-12/h1-4,7-8,12,20H,5-6,10H2,(H,18,19)/t12-/m0/s1. The van der Waals surface area contributed by atoms with Gasteiger partial charge in [0.15, 0.2) is 11.5 Å². The Morgan fingerprint density at radius 1 is 1.30 bits per heavy atom. The van der Waals surface area contributed by atoms with E-state index in [1.807, 2.05) is 12.1 Å². The molecule has 0 radical (unpaired) electrons. The Morgan fingerprint density at radius 3 is 3.05 bits per heavy atom. The van der Waals surface area contributed by atoms with E-state index < -0.39 is 0 Å². The van der Waals surface area contributed by atoms with Crippen molar-refractivity contribution in [1.29, 1.82) is 5.26 Å². The first-order valence-electron chi connectivity index (χ1n) is 6.66. The maximum atomic E-state index is 8.98. The summed E-state index contributed by atoms with van der Waals surface area (Å²) in [6, 6.07) is 10.7. The summed E-state index contributed by atoms with van der Waals surface area (Å²) in [5.74, 6) is 0.552. The number of para-hydroxylation sites is 1. The van der Waals surface area contributed by atoms with Crippen LogP contribution in [0.2, 0.25) is 0 Å². The van der Waals surface area contributed by atoms with Crippen molar-refractivity contribution >= 4 is 11.5 Å². The third-order valence-corrected chi connectivity index (χ3v) is 3.46. The first-order chi connectivity index (χ1) is 9.86. The average Bonchev–Trinajstić information content (AvgIpc) is 2.53. The fourth-order valence-corrected chi connectivity index (χ4v) is 2.42. The maximum Gasteiger partial charge on any atom is 0.182 e. The molecule has 3 rings (SSSR count). The second-order valence-electron chi connectivity index (χ2n) is 4.78. The van der Waals surface area contributed by atoms with Gasteiger partial charge in [-0.2, -0.15) is 5.26 Å². The molecule has 20 heavy (non-hydrogen) atoms. The Bertz CT molecular complexity index is 647. The topological polar surface area (TPSA) is 73.6 Å². The minimum Gasteiger partial charge on any atom is -0.380 e. The molecule has 0 fully saturated rings. The Hall–Kier alpha value is -2.61. The van der Waals surface area contributed by atoms with Gasteiger partial charge in [-0.25, -0.2) is 9.97 Å². The van der Waals surface area contributed by atoms with Crippen LogP contribution in [-0.4, -0.2) is 22.6 Å². The van der Waals surface area contributed by atoms with Gasteiger partial charge in [0.2, 0.25) is 0 Å².